The average molecular weight is 275 g/mol. The second-order valence-electron chi connectivity index (χ2n) is 5.00. The first-order valence-electron chi connectivity index (χ1n) is 6.66. The molecule has 3 heterocycles. The summed E-state index contributed by atoms with van der Waals surface area (Å²) in [4.78, 5) is 8.74. The molecule has 3 rings (SSSR count). The molecule has 103 valence electrons. The number of nitrogens with zero attached hydrogens (tertiary/aromatic N) is 4. The zero-order valence-corrected chi connectivity index (χ0v) is 12.0. The van der Waals surface area contributed by atoms with Gasteiger partial charge in [-0.05, 0) is 48.7 Å². The first-order chi connectivity index (χ1) is 10.1. The van der Waals surface area contributed by atoms with Gasteiger partial charge in [0.15, 0.2) is 5.82 Å². The van der Waals surface area contributed by atoms with Gasteiger partial charge in [0.25, 0.3) is 0 Å². The molecule has 0 fully saturated rings. The quantitative estimate of drug-likeness (QED) is 0.735. The highest BCUT2D eigenvalue weighted by atomic mass is 15.3. The van der Waals surface area contributed by atoms with E-state index in [4.69, 9.17) is 0 Å². The fraction of sp³-hybridized carbons (Fsp3) is 0.118. The third kappa shape index (κ3) is 2.74. The van der Waals surface area contributed by atoms with Crippen LogP contribution in [0.2, 0.25) is 0 Å². The summed E-state index contributed by atoms with van der Waals surface area (Å²) in [5.74, 6) is 0.741. The topological polar surface area (TPSA) is 43.6 Å². The monoisotopic (exact) mass is 275 g/mol. The smallest absolute Gasteiger partial charge is 0.154 e. The third-order valence-corrected chi connectivity index (χ3v) is 3.17. The molecule has 0 amide bonds. The second kappa shape index (κ2) is 5.32. The van der Waals surface area contributed by atoms with Crippen molar-refractivity contribution >= 4 is 5.57 Å². The maximum absolute atomic E-state index is 4.42. The highest BCUT2D eigenvalue weighted by molar-refractivity contribution is 5.64. The van der Waals surface area contributed by atoms with Crippen molar-refractivity contribution in [2.75, 3.05) is 0 Å². The normalized spacial score (nSPS) is 10.6. The summed E-state index contributed by atoms with van der Waals surface area (Å²) < 4.78 is 1.73. The van der Waals surface area contributed by atoms with E-state index in [1.165, 1.54) is 0 Å². The second-order valence-corrected chi connectivity index (χ2v) is 5.00. The van der Waals surface area contributed by atoms with Gasteiger partial charge in [0.05, 0.1) is 11.9 Å². The molecule has 0 aliphatic rings. The van der Waals surface area contributed by atoms with Gasteiger partial charge in [-0.25, -0.2) is 9.67 Å². The largest absolute Gasteiger partial charge is 0.256 e. The van der Waals surface area contributed by atoms with Gasteiger partial charge in [0, 0.05) is 18.0 Å². The van der Waals surface area contributed by atoms with E-state index in [-0.39, 0.29) is 0 Å². The van der Waals surface area contributed by atoms with E-state index >= 15 is 0 Å². The minimum atomic E-state index is 0.741. The van der Waals surface area contributed by atoms with Crippen molar-refractivity contribution in [1.29, 1.82) is 0 Å². The van der Waals surface area contributed by atoms with Crippen LogP contribution in [0.25, 0.3) is 22.6 Å². The standard InChI is InChI=1S/C17H15N4/c1-12(2)14-4-6-16(18-9-14)15-5-7-17(19-10-15)21-11-13(3)8-20-21/h4-9,11H,1H2,2-3H3. The summed E-state index contributed by atoms with van der Waals surface area (Å²) in [6.07, 6.45) is 8.56. The van der Waals surface area contributed by atoms with Crippen molar-refractivity contribution in [3.05, 3.63) is 66.8 Å². The van der Waals surface area contributed by atoms with Crippen LogP contribution >= 0.6 is 0 Å². The lowest BCUT2D eigenvalue weighted by Crippen LogP contribution is -1.98. The summed E-state index contributed by atoms with van der Waals surface area (Å²) in [5, 5.41) is 4.23. The fourth-order valence-corrected chi connectivity index (χ4v) is 1.96. The van der Waals surface area contributed by atoms with Crippen LogP contribution in [0.4, 0.5) is 0 Å². The highest BCUT2D eigenvalue weighted by Crippen LogP contribution is 2.19. The number of hydrogen-bond donors (Lipinski definition) is 0. The number of allylic oxidation sites excluding steroid dienone is 1. The van der Waals surface area contributed by atoms with E-state index in [9.17, 15) is 0 Å². The van der Waals surface area contributed by atoms with Crippen molar-refractivity contribution in [3.63, 3.8) is 0 Å². The predicted octanol–water partition coefficient (Wildman–Crippen LogP) is 3.47. The maximum Gasteiger partial charge on any atom is 0.154 e. The van der Waals surface area contributed by atoms with E-state index in [0.29, 0.717) is 0 Å². The van der Waals surface area contributed by atoms with E-state index in [1.807, 2.05) is 50.5 Å². The molecule has 3 aromatic rings. The van der Waals surface area contributed by atoms with Crippen molar-refractivity contribution in [2.45, 2.75) is 13.8 Å². The number of aromatic nitrogens is 4. The van der Waals surface area contributed by atoms with Gasteiger partial charge in [-0.15, -0.1) is 0 Å². The molecule has 0 atom stereocenters. The lowest BCUT2D eigenvalue weighted by atomic mass is 10.1. The summed E-state index contributed by atoms with van der Waals surface area (Å²) in [7, 11) is 0. The molecule has 0 saturated heterocycles. The minimum Gasteiger partial charge on any atom is -0.256 e. The highest BCUT2D eigenvalue weighted by Gasteiger charge is 2.04. The van der Waals surface area contributed by atoms with Crippen molar-refractivity contribution < 1.29 is 0 Å². The Labute approximate surface area is 123 Å². The summed E-state index contributed by atoms with van der Waals surface area (Å²) in [6, 6.07) is 7.81. The van der Waals surface area contributed by atoms with E-state index in [1.54, 1.807) is 10.9 Å². The van der Waals surface area contributed by atoms with Gasteiger partial charge in [-0.1, -0.05) is 12.6 Å². The SMILES string of the molecule is C=C(C)c1ccc(-c2[c]nc(-n3cc(C)cn3)cc2)nc1. The Balaban J connectivity index is 1.88. The van der Waals surface area contributed by atoms with Gasteiger partial charge in [-0.2, -0.15) is 5.10 Å². The van der Waals surface area contributed by atoms with Gasteiger partial charge >= 0.3 is 0 Å². The van der Waals surface area contributed by atoms with Crippen LogP contribution in [0.15, 0.2) is 49.4 Å². The van der Waals surface area contributed by atoms with Crippen LogP contribution in [-0.4, -0.2) is 19.7 Å². The molecule has 0 aliphatic carbocycles. The lowest BCUT2D eigenvalue weighted by molar-refractivity contribution is 0.846. The number of aryl methyl sites for hydroxylation is 1. The molecule has 3 aromatic heterocycles. The van der Waals surface area contributed by atoms with Gasteiger partial charge < -0.3 is 0 Å². The van der Waals surface area contributed by atoms with Crippen molar-refractivity contribution in [3.8, 4) is 17.1 Å². The van der Waals surface area contributed by atoms with Crippen LogP contribution in [-0.2, 0) is 0 Å². The molecule has 0 bridgehead atoms. The summed E-state index contributed by atoms with van der Waals surface area (Å²) in [5.41, 5.74) is 4.83. The lowest BCUT2D eigenvalue weighted by Gasteiger charge is -2.04. The Bertz CT molecular complexity index is 767. The molecular weight excluding hydrogens is 260 g/mol. The van der Waals surface area contributed by atoms with Crippen LogP contribution < -0.4 is 0 Å². The molecule has 0 aliphatic heterocycles. The Morgan fingerprint density at radius 1 is 1.19 bits per heavy atom. The molecule has 0 saturated carbocycles. The summed E-state index contributed by atoms with van der Waals surface area (Å²) in [6.45, 7) is 7.86. The van der Waals surface area contributed by atoms with E-state index in [0.717, 1.165) is 33.8 Å². The molecular formula is C17H15N4. The maximum atomic E-state index is 4.42. The first-order valence-corrected chi connectivity index (χ1v) is 6.66. The van der Waals surface area contributed by atoms with Crippen LogP contribution in [0.1, 0.15) is 18.1 Å². The summed E-state index contributed by atoms with van der Waals surface area (Å²) >= 11 is 0. The van der Waals surface area contributed by atoms with Gasteiger partial charge in [0.1, 0.15) is 6.20 Å². The molecule has 0 unspecified atom stereocenters. The Morgan fingerprint density at radius 3 is 2.57 bits per heavy atom. The molecule has 1 radical (unpaired) electrons. The van der Waals surface area contributed by atoms with Gasteiger partial charge in [0.2, 0.25) is 0 Å². The molecule has 0 N–H and O–H groups in total. The number of pyridine rings is 2. The van der Waals surface area contributed by atoms with E-state index < -0.39 is 0 Å². The Morgan fingerprint density at radius 2 is 2.05 bits per heavy atom. The minimum absolute atomic E-state index is 0.741. The van der Waals surface area contributed by atoms with Gasteiger partial charge in [-0.3, -0.25) is 4.98 Å². The van der Waals surface area contributed by atoms with Crippen LogP contribution in [0, 0.1) is 13.1 Å². The Kier molecular flexibility index (Phi) is 3.36. The molecule has 4 nitrogen and oxygen atoms in total. The molecule has 21 heavy (non-hydrogen) atoms. The van der Waals surface area contributed by atoms with E-state index in [2.05, 4.69) is 27.8 Å². The first kappa shape index (κ1) is 13.2. The molecule has 0 aromatic carbocycles. The van der Waals surface area contributed by atoms with Crippen LogP contribution in [0.5, 0.6) is 0 Å². The van der Waals surface area contributed by atoms with Crippen molar-refractivity contribution in [2.24, 2.45) is 0 Å². The molecule has 0 spiro atoms. The zero-order chi connectivity index (χ0) is 14.8. The number of rotatable bonds is 3. The number of hydrogen-bond acceptors (Lipinski definition) is 3. The zero-order valence-electron chi connectivity index (χ0n) is 12.0. The predicted molar refractivity (Wildman–Crippen MR) is 82.9 cm³/mol. The van der Waals surface area contributed by atoms with Crippen molar-refractivity contribution in [1.82, 2.24) is 19.7 Å². The average Bonchev–Trinajstić information content (AvgIpc) is 2.94. The molecule has 4 heteroatoms. The van der Waals surface area contributed by atoms with Crippen LogP contribution in [0.3, 0.4) is 0 Å². The Hall–Kier alpha value is -2.75. The third-order valence-electron chi connectivity index (χ3n) is 3.17. The fourth-order valence-electron chi connectivity index (χ4n) is 1.96.